The fraction of sp³-hybridized carbons (Fsp3) is 0.417. The van der Waals surface area contributed by atoms with Crippen molar-refractivity contribution in [3.8, 4) is 0 Å². The van der Waals surface area contributed by atoms with Gasteiger partial charge in [0.15, 0.2) is 0 Å². The van der Waals surface area contributed by atoms with Gasteiger partial charge < -0.3 is 10.2 Å². The second kappa shape index (κ2) is 11.8. The van der Waals surface area contributed by atoms with Crippen molar-refractivity contribution in [3.63, 3.8) is 0 Å². The van der Waals surface area contributed by atoms with Crippen LogP contribution in [0.2, 0.25) is 0 Å². The number of nitrogens with zero attached hydrogens (tertiary/aromatic N) is 3. The lowest BCUT2D eigenvalue weighted by Crippen LogP contribution is -2.54. The van der Waals surface area contributed by atoms with E-state index >= 15 is 0 Å². The van der Waals surface area contributed by atoms with Crippen molar-refractivity contribution in [2.45, 2.75) is 25.9 Å². The first-order valence-corrected chi connectivity index (χ1v) is 12.4. The number of carbonyl (C=O) groups is 2. The van der Waals surface area contributed by atoms with Gasteiger partial charge in [-0.3, -0.25) is 24.6 Å². The number of thioether (sulfide) groups is 1. The van der Waals surface area contributed by atoms with E-state index in [0.29, 0.717) is 19.5 Å². The maximum absolute atomic E-state index is 13.2. The van der Waals surface area contributed by atoms with Crippen molar-refractivity contribution < 1.29 is 14.5 Å². The van der Waals surface area contributed by atoms with E-state index in [9.17, 15) is 19.7 Å². The van der Waals surface area contributed by atoms with Crippen LogP contribution in [0.15, 0.2) is 48.5 Å². The van der Waals surface area contributed by atoms with E-state index in [-0.39, 0.29) is 17.2 Å². The molecule has 1 heterocycles. The molecule has 1 saturated heterocycles. The summed E-state index contributed by atoms with van der Waals surface area (Å²) in [5.74, 6) is 0.146. The van der Waals surface area contributed by atoms with Gasteiger partial charge in [-0.05, 0) is 37.0 Å². The number of benzene rings is 2. The number of non-ortho nitro benzene ring substituents is 1. The minimum atomic E-state index is -0.660. The number of rotatable bonds is 9. The molecule has 8 nitrogen and oxygen atoms in total. The summed E-state index contributed by atoms with van der Waals surface area (Å²) >= 11 is 1.61. The average Bonchev–Trinajstić information content (AvgIpc) is 2.81. The predicted molar refractivity (Wildman–Crippen MR) is 130 cm³/mol. The number of amides is 2. The third-order valence-corrected chi connectivity index (χ3v) is 6.35. The predicted octanol–water partition coefficient (Wildman–Crippen LogP) is 3.10. The van der Waals surface area contributed by atoms with E-state index in [1.165, 1.54) is 35.4 Å². The van der Waals surface area contributed by atoms with Crippen LogP contribution in [0.4, 0.5) is 5.69 Å². The fourth-order valence-corrected chi connectivity index (χ4v) is 4.38. The van der Waals surface area contributed by atoms with Crippen molar-refractivity contribution in [2.24, 2.45) is 0 Å². The molecule has 1 aliphatic heterocycles. The molecule has 2 amide bonds. The normalized spacial score (nSPS) is 15.2. The monoisotopic (exact) mass is 470 g/mol. The number of nitro benzene ring substituents is 1. The van der Waals surface area contributed by atoms with Crippen molar-refractivity contribution >= 4 is 29.3 Å². The van der Waals surface area contributed by atoms with Crippen LogP contribution in [0.1, 0.15) is 27.9 Å². The van der Waals surface area contributed by atoms with Gasteiger partial charge in [-0.1, -0.05) is 35.9 Å². The van der Waals surface area contributed by atoms with Gasteiger partial charge in [0, 0.05) is 50.4 Å². The Bertz CT molecular complexity index is 992. The maximum atomic E-state index is 13.2. The van der Waals surface area contributed by atoms with E-state index in [1.807, 2.05) is 11.2 Å². The second-order valence-corrected chi connectivity index (χ2v) is 9.19. The number of hydrogen-bond donors (Lipinski definition) is 1. The molecule has 1 atom stereocenters. The molecule has 1 N–H and O–H groups in total. The van der Waals surface area contributed by atoms with E-state index < -0.39 is 16.9 Å². The Morgan fingerprint density at radius 3 is 2.52 bits per heavy atom. The Morgan fingerprint density at radius 2 is 1.85 bits per heavy atom. The molecular formula is C24H30N4O4S. The third-order valence-electron chi connectivity index (χ3n) is 5.71. The topological polar surface area (TPSA) is 95.8 Å². The van der Waals surface area contributed by atoms with Crippen molar-refractivity contribution in [3.05, 3.63) is 75.3 Å². The van der Waals surface area contributed by atoms with Crippen LogP contribution >= 0.6 is 11.8 Å². The second-order valence-electron chi connectivity index (χ2n) is 8.21. The molecule has 1 aliphatic rings. The summed E-state index contributed by atoms with van der Waals surface area (Å²) in [6.07, 6.45) is 2.46. The zero-order valence-corrected chi connectivity index (χ0v) is 19.8. The van der Waals surface area contributed by atoms with Crippen LogP contribution in [0.3, 0.4) is 0 Å². The minimum Gasteiger partial charge on any atom is -0.340 e. The van der Waals surface area contributed by atoms with Crippen LogP contribution in [-0.4, -0.2) is 70.8 Å². The van der Waals surface area contributed by atoms with Gasteiger partial charge in [0.25, 0.3) is 11.6 Å². The van der Waals surface area contributed by atoms with Crippen LogP contribution in [-0.2, 0) is 11.3 Å². The lowest BCUT2D eigenvalue weighted by atomic mass is 10.1. The summed E-state index contributed by atoms with van der Waals surface area (Å²) in [5.41, 5.74) is 2.52. The summed E-state index contributed by atoms with van der Waals surface area (Å²) in [5, 5.41) is 13.8. The highest BCUT2D eigenvalue weighted by molar-refractivity contribution is 7.98. The van der Waals surface area contributed by atoms with E-state index in [4.69, 9.17) is 0 Å². The summed E-state index contributed by atoms with van der Waals surface area (Å²) in [7, 11) is 0. The molecule has 0 aliphatic carbocycles. The van der Waals surface area contributed by atoms with Gasteiger partial charge in [-0.15, -0.1) is 0 Å². The molecule has 1 unspecified atom stereocenters. The molecule has 0 bridgehead atoms. The lowest BCUT2D eigenvalue weighted by molar-refractivity contribution is -0.384. The minimum absolute atomic E-state index is 0.0990. The number of nitro groups is 1. The van der Waals surface area contributed by atoms with E-state index in [1.54, 1.807) is 11.8 Å². The number of carbonyl (C=O) groups excluding carboxylic acids is 2. The van der Waals surface area contributed by atoms with Gasteiger partial charge >= 0.3 is 0 Å². The first-order chi connectivity index (χ1) is 15.9. The summed E-state index contributed by atoms with van der Waals surface area (Å²) < 4.78 is 0. The molecule has 2 aromatic carbocycles. The van der Waals surface area contributed by atoms with Gasteiger partial charge in [0.1, 0.15) is 6.04 Å². The summed E-state index contributed by atoms with van der Waals surface area (Å²) in [6.45, 7) is 5.68. The first kappa shape index (κ1) is 24.7. The standard InChI is InChI=1S/C24H30N4O4S/c1-18-5-3-6-19(15-18)17-26-10-12-27(13-11-26)24(30)22(9-14-33-2)25-23(29)20-7-4-8-21(16-20)28(31)32/h3-8,15-16,22H,9-14,17H2,1-2H3,(H,25,29). The van der Waals surface area contributed by atoms with Gasteiger partial charge in [-0.25, -0.2) is 0 Å². The summed E-state index contributed by atoms with van der Waals surface area (Å²) in [6, 6.07) is 13.3. The fourth-order valence-electron chi connectivity index (χ4n) is 3.91. The largest absolute Gasteiger partial charge is 0.340 e. The quantitative estimate of drug-likeness (QED) is 0.447. The molecule has 0 saturated carbocycles. The molecular weight excluding hydrogens is 440 g/mol. The van der Waals surface area contributed by atoms with Crippen molar-refractivity contribution in [1.82, 2.24) is 15.1 Å². The SMILES string of the molecule is CSCCC(NC(=O)c1cccc([N+](=O)[O-])c1)C(=O)N1CCN(Cc2cccc(C)c2)CC1. The Labute approximate surface area is 198 Å². The molecule has 0 aromatic heterocycles. The Morgan fingerprint density at radius 1 is 1.12 bits per heavy atom. The zero-order chi connectivity index (χ0) is 23.8. The van der Waals surface area contributed by atoms with E-state index in [2.05, 4.69) is 41.4 Å². The van der Waals surface area contributed by atoms with Gasteiger partial charge in [-0.2, -0.15) is 11.8 Å². The highest BCUT2D eigenvalue weighted by atomic mass is 32.2. The number of hydrogen-bond acceptors (Lipinski definition) is 6. The van der Waals surface area contributed by atoms with Crippen LogP contribution in [0, 0.1) is 17.0 Å². The number of nitrogens with one attached hydrogen (secondary N) is 1. The van der Waals surface area contributed by atoms with Gasteiger partial charge in [0.05, 0.1) is 4.92 Å². The van der Waals surface area contributed by atoms with Crippen LogP contribution < -0.4 is 5.32 Å². The molecule has 2 aromatic rings. The van der Waals surface area contributed by atoms with E-state index in [0.717, 1.165) is 25.4 Å². The Balaban J connectivity index is 1.60. The molecule has 0 spiro atoms. The van der Waals surface area contributed by atoms with Crippen LogP contribution in [0.5, 0.6) is 0 Å². The highest BCUT2D eigenvalue weighted by Crippen LogP contribution is 2.15. The molecule has 176 valence electrons. The molecule has 33 heavy (non-hydrogen) atoms. The van der Waals surface area contributed by atoms with Crippen LogP contribution in [0.25, 0.3) is 0 Å². The first-order valence-electron chi connectivity index (χ1n) is 11.0. The third kappa shape index (κ3) is 7.03. The lowest BCUT2D eigenvalue weighted by Gasteiger charge is -2.36. The zero-order valence-electron chi connectivity index (χ0n) is 19.0. The number of aryl methyl sites for hydroxylation is 1. The molecule has 9 heteroatoms. The molecule has 1 fully saturated rings. The van der Waals surface area contributed by atoms with Crippen molar-refractivity contribution in [2.75, 3.05) is 38.2 Å². The molecule has 3 rings (SSSR count). The smallest absolute Gasteiger partial charge is 0.270 e. The highest BCUT2D eigenvalue weighted by Gasteiger charge is 2.29. The molecule has 0 radical (unpaired) electrons. The van der Waals surface area contributed by atoms with Crippen molar-refractivity contribution in [1.29, 1.82) is 0 Å². The number of piperazine rings is 1. The Hall–Kier alpha value is -2.91. The average molecular weight is 471 g/mol. The maximum Gasteiger partial charge on any atom is 0.270 e. The summed E-state index contributed by atoms with van der Waals surface area (Å²) in [4.78, 5) is 40.6. The van der Waals surface area contributed by atoms with Gasteiger partial charge in [0.2, 0.25) is 5.91 Å². The Kier molecular flexibility index (Phi) is 8.85.